The van der Waals surface area contributed by atoms with E-state index in [2.05, 4.69) is 4.74 Å². The Labute approximate surface area is 111 Å². The van der Waals surface area contributed by atoms with Gasteiger partial charge in [0, 0.05) is 0 Å². The fourth-order valence-corrected chi connectivity index (χ4v) is 1.63. The monoisotopic (exact) mass is 254 g/mol. The number of ether oxygens (including phenoxy) is 1. The third-order valence-electron chi connectivity index (χ3n) is 2.69. The minimum atomic E-state index is -0.339. The van der Waals surface area contributed by atoms with Crippen LogP contribution < -0.4 is 0 Å². The summed E-state index contributed by atoms with van der Waals surface area (Å²) in [7, 11) is 1.36. The van der Waals surface area contributed by atoms with Crippen LogP contribution in [0.15, 0.2) is 48.5 Å². The van der Waals surface area contributed by atoms with E-state index in [0.717, 1.165) is 11.1 Å². The van der Waals surface area contributed by atoms with Gasteiger partial charge in [0.05, 0.1) is 12.7 Å². The SMILES string of the molecule is COC(=O)c1ccc(/C=C/c2ccc(O)cc2)cc1. The fourth-order valence-electron chi connectivity index (χ4n) is 1.63. The predicted octanol–water partition coefficient (Wildman–Crippen LogP) is 3.35. The molecule has 0 saturated carbocycles. The van der Waals surface area contributed by atoms with Crippen LogP contribution in [0.2, 0.25) is 0 Å². The Morgan fingerprint density at radius 3 is 1.89 bits per heavy atom. The number of benzene rings is 2. The molecule has 2 aromatic rings. The third-order valence-corrected chi connectivity index (χ3v) is 2.69. The summed E-state index contributed by atoms with van der Waals surface area (Å²) in [5.74, 6) is -0.0892. The normalized spacial score (nSPS) is 10.6. The van der Waals surface area contributed by atoms with Crippen molar-refractivity contribution in [3.05, 3.63) is 65.2 Å². The number of hydrogen-bond acceptors (Lipinski definition) is 3. The van der Waals surface area contributed by atoms with Crippen LogP contribution in [-0.2, 0) is 4.74 Å². The summed E-state index contributed by atoms with van der Waals surface area (Å²) in [6.45, 7) is 0. The Hall–Kier alpha value is -2.55. The second-order valence-electron chi connectivity index (χ2n) is 4.04. The van der Waals surface area contributed by atoms with Gasteiger partial charge in [-0.3, -0.25) is 0 Å². The molecule has 0 aromatic heterocycles. The van der Waals surface area contributed by atoms with Crippen molar-refractivity contribution in [3.8, 4) is 5.75 Å². The number of rotatable bonds is 3. The van der Waals surface area contributed by atoms with Gasteiger partial charge in [-0.05, 0) is 35.4 Å². The van der Waals surface area contributed by atoms with E-state index in [4.69, 9.17) is 0 Å². The largest absolute Gasteiger partial charge is 0.508 e. The molecule has 0 radical (unpaired) electrons. The van der Waals surface area contributed by atoms with E-state index >= 15 is 0 Å². The minimum absolute atomic E-state index is 0.250. The number of aromatic hydroxyl groups is 1. The smallest absolute Gasteiger partial charge is 0.337 e. The van der Waals surface area contributed by atoms with Crippen LogP contribution in [0, 0.1) is 0 Å². The van der Waals surface area contributed by atoms with E-state index in [1.165, 1.54) is 7.11 Å². The maximum atomic E-state index is 11.3. The first-order valence-corrected chi connectivity index (χ1v) is 5.84. The van der Waals surface area contributed by atoms with E-state index in [9.17, 15) is 9.90 Å². The Morgan fingerprint density at radius 1 is 0.947 bits per heavy atom. The van der Waals surface area contributed by atoms with Gasteiger partial charge in [0.25, 0.3) is 0 Å². The van der Waals surface area contributed by atoms with Gasteiger partial charge in [0.2, 0.25) is 0 Å². The summed E-state index contributed by atoms with van der Waals surface area (Å²) in [5.41, 5.74) is 2.51. The molecular formula is C16H14O3. The van der Waals surface area contributed by atoms with Gasteiger partial charge in [0.1, 0.15) is 5.75 Å². The number of carbonyl (C=O) groups is 1. The third kappa shape index (κ3) is 3.45. The maximum absolute atomic E-state index is 11.3. The van der Waals surface area contributed by atoms with Crippen LogP contribution in [0.25, 0.3) is 12.2 Å². The Bertz CT molecular complexity index is 580. The molecule has 96 valence electrons. The lowest BCUT2D eigenvalue weighted by atomic mass is 10.1. The molecule has 19 heavy (non-hydrogen) atoms. The van der Waals surface area contributed by atoms with Crippen LogP contribution in [0.4, 0.5) is 0 Å². The van der Waals surface area contributed by atoms with Crippen LogP contribution in [-0.4, -0.2) is 18.2 Å². The number of phenols is 1. The Morgan fingerprint density at radius 2 is 1.42 bits per heavy atom. The number of phenolic OH excluding ortho intramolecular Hbond substituents is 1. The van der Waals surface area contributed by atoms with Gasteiger partial charge in [-0.2, -0.15) is 0 Å². The van der Waals surface area contributed by atoms with Crippen molar-refractivity contribution in [1.82, 2.24) is 0 Å². The zero-order valence-electron chi connectivity index (χ0n) is 10.5. The Kier molecular flexibility index (Phi) is 3.98. The lowest BCUT2D eigenvalue weighted by Crippen LogP contribution is -2.00. The lowest BCUT2D eigenvalue weighted by Gasteiger charge is -1.99. The van der Waals surface area contributed by atoms with Crippen molar-refractivity contribution in [2.45, 2.75) is 0 Å². The van der Waals surface area contributed by atoms with Crippen LogP contribution in [0.5, 0.6) is 5.75 Å². The first-order chi connectivity index (χ1) is 9.19. The maximum Gasteiger partial charge on any atom is 0.337 e. The summed E-state index contributed by atoms with van der Waals surface area (Å²) < 4.78 is 4.64. The topological polar surface area (TPSA) is 46.5 Å². The van der Waals surface area contributed by atoms with Crippen LogP contribution >= 0.6 is 0 Å². The van der Waals surface area contributed by atoms with Crippen molar-refractivity contribution in [1.29, 1.82) is 0 Å². The molecule has 0 aliphatic heterocycles. The van der Waals surface area contributed by atoms with E-state index in [1.807, 2.05) is 36.4 Å². The first-order valence-electron chi connectivity index (χ1n) is 5.84. The molecule has 0 aliphatic rings. The molecule has 0 saturated heterocycles. The number of methoxy groups -OCH3 is 1. The highest BCUT2D eigenvalue weighted by molar-refractivity contribution is 5.89. The molecule has 0 bridgehead atoms. The summed E-state index contributed by atoms with van der Waals surface area (Å²) >= 11 is 0. The minimum Gasteiger partial charge on any atom is -0.508 e. The molecule has 0 heterocycles. The number of hydrogen-bond donors (Lipinski definition) is 1. The highest BCUT2D eigenvalue weighted by Crippen LogP contribution is 2.13. The molecule has 0 amide bonds. The van der Waals surface area contributed by atoms with Crippen molar-refractivity contribution in [2.75, 3.05) is 7.11 Å². The van der Waals surface area contributed by atoms with Gasteiger partial charge in [-0.25, -0.2) is 4.79 Å². The second-order valence-corrected chi connectivity index (χ2v) is 4.04. The number of carbonyl (C=O) groups excluding carboxylic acids is 1. The molecule has 0 atom stereocenters. The van der Waals surface area contributed by atoms with Gasteiger partial charge in [-0.15, -0.1) is 0 Å². The van der Waals surface area contributed by atoms with Gasteiger partial charge >= 0.3 is 5.97 Å². The molecule has 0 fully saturated rings. The van der Waals surface area contributed by atoms with Crippen LogP contribution in [0.1, 0.15) is 21.5 Å². The molecule has 0 unspecified atom stereocenters. The zero-order valence-corrected chi connectivity index (χ0v) is 10.5. The van der Waals surface area contributed by atoms with Crippen molar-refractivity contribution >= 4 is 18.1 Å². The number of esters is 1. The second kappa shape index (κ2) is 5.87. The van der Waals surface area contributed by atoms with E-state index < -0.39 is 0 Å². The molecule has 3 nitrogen and oxygen atoms in total. The van der Waals surface area contributed by atoms with Gasteiger partial charge < -0.3 is 9.84 Å². The molecule has 1 N–H and O–H groups in total. The molecule has 2 aromatic carbocycles. The van der Waals surface area contributed by atoms with E-state index in [-0.39, 0.29) is 11.7 Å². The van der Waals surface area contributed by atoms with Crippen molar-refractivity contribution in [3.63, 3.8) is 0 Å². The molecule has 3 heteroatoms. The predicted molar refractivity (Wildman–Crippen MR) is 74.8 cm³/mol. The summed E-state index contributed by atoms with van der Waals surface area (Å²) in [5, 5.41) is 9.18. The van der Waals surface area contributed by atoms with Gasteiger partial charge in [-0.1, -0.05) is 36.4 Å². The summed E-state index contributed by atoms with van der Waals surface area (Å²) in [6, 6.07) is 14.1. The van der Waals surface area contributed by atoms with E-state index in [0.29, 0.717) is 5.56 Å². The first kappa shape index (κ1) is 12.9. The molecule has 2 rings (SSSR count). The summed E-state index contributed by atoms with van der Waals surface area (Å²) in [6.07, 6.45) is 3.88. The summed E-state index contributed by atoms with van der Waals surface area (Å²) in [4.78, 5) is 11.3. The average Bonchev–Trinajstić information content (AvgIpc) is 2.46. The van der Waals surface area contributed by atoms with Crippen molar-refractivity contribution < 1.29 is 14.6 Å². The highest BCUT2D eigenvalue weighted by atomic mass is 16.5. The molecular weight excluding hydrogens is 240 g/mol. The lowest BCUT2D eigenvalue weighted by molar-refractivity contribution is 0.0600. The highest BCUT2D eigenvalue weighted by Gasteiger charge is 2.02. The van der Waals surface area contributed by atoms with E-state index in [1.54, 1.807) is 24.3 Å². The molecule has 0 spiro atoms. The quantitative estimate of drug-likeness (QED) is 0.675. The average molecular weight is 254 g/mol. The molecule has 0 aliphatic carbocycles. The van der Waals surface area contributed by atoms with Gasteiger partial charge in [0.15, 0.2) is 0 Å². The van der Waals surface area contributed by atoms with Crippen LogP contribution in [0.3, 0.4) is 0 Å². The standard InChI is InChI=1S/C16H14O3/c1-19-16(18)14-8-4-12(5-9-14)2-3-13-6-10-15(17)11-7-13/h2-11,17H,1H3/b3-2+. The zero-order chi connectivity index (χ0) is 13.7. The Balaban J connectivity index is 2.11. The van der Waals surface area contributed by atoms with Crippen molar-refractivity contribution in [2.24, 2.45) is 0 Å². The fraction of sp³-hybridized carbons (Fsp3) is 0.0625.